The van der Waals surface area contributed by atoms with Gasteiger partial charge in [-0.1, -0.05) is 67.6 Å². The third kappa shape index (κ3) is 2.27. The third-order valence-electron chi connectivity index (χ3n) is 4.96. The summed E-state index contributed by atoms with van der Waals surface area (Å²) in [6, 6.07) is 22.2. The minimum Gasteiger partial charge on any atom is -0.327 e. The summed E-state index contributed by atoms with van der Waals surface area (Å²) in [4.78, 5) is 0. The van der Waals surface area contributed by atoms with E-state index >= 15 is 0 Å². The molecule has 0 aliphatic heterocycles. The summed E-state index contributed by atoms with van der Waals surface area (Å²) in [5.41, 5.74) is 9.26. The van der Waals surface area contributed by atoms with Gasteiger partial charge in [0, 0.05) is 11.5 Å². The second-order valence-electron chi connectivity index (χ2n) is 6.20. The Balaban J connectivity index is 2.09. The van der Waals surface area contributed by atoms with Crippen molar-refractivity contribution in [3.8, 4) is 0 Å². The van der Waals surface area contributed by atoms with Crippen molar-refractivity contribution in [2.45, 2.75) is 37.6 Å². The number of hydrogen-bond donors (Lipinski definition) is 1. The molecular weight excluding hydrogens is 242 g/mol. The number of hydrogen-bond acceptors (Lipinski definition) is 1. The number of nitrogens with two attached hydrogens (primary N) is 1. The average Bonchev–Trinajstić information content (AvgIpc) is 2.52. The highest BCUT2D eigenvalue weighted by Crippen LogP contribution is 2.46. The monoisotopic (exact) mass is 265 g/mol. The summed E-state index contributed by atoms with van der Waals surface area (Å²) in [6.45, 7) is 2.30. The first kappa shape index (κ1) is 13.4. The van der Waals surface area contributed by atoms with Crippen molar-refractivity contribution >= 4 is 0 Å². The molecule has 1 fully saturated rings. The van der Waals surface area contributed by atoms with E-state index in [4.69, 9.17) is 5.73 Å². The number of benzene rings is 2. The fraction of sp³-hybridized carbons (Fsp3) is 0.368. The van der Waals surface area contributed by atoms with Crippen LogP contribution >= 0.6 is 0 Å². The average molecular weight is 265 g/mol. The second kappa shape index (κ2) is 5.41. The van der Waals surface area contributed by atoms with Crippen LogP contribution in [0.3, 0.4) is 0 Å². The lowest BCUT2D eigenvalue weighted by molar-refractivity contribution is 0.239. The first-order chi connectivity index (χ1) is 9.72. The standard InChI is InChI=1S/C19H23N/c1-15-14-19(13-12-18(15)20,16-8-4-2-5-9-16)17-10-6-3-7-11-17/h2-11,15,18H,12-14,20H2,1H3. The first-order valence-corrected chi connectivity index (χ1v) is 7.59. The highest BCUT2D eigenvalue weighted by atomic mass is 14.7. The Morgan fingerprint density at radius 3 is 1.85 bits per heavy atom. The first-order valence-electron chi connectivity index (χ1n) is 7.59. The molecule has 0 bridgehead atoms. The maximum atomic E-state index is 6.26. The van der Waals surface area contributed by atoms with E-state index in [1.165, 1.54) is 11.1 Å². The fourth-order valence-corrected chi connectivity index (χ4v) is 3.71. The lowest BCUT2D eigenvalue weighted by Crippen LogP contribution is -2.43. The summed E-state index contributed by atoms with van der Waals surface area (Å²) in [6.07, 6.45) is 3.39. The SMILES string of the molecule is CC1CC(c2ccccc2)(c2ccccc2)CCC1N. The maximum absolute atomic E-state index is 6.26. The van der Waals surface area contributed by atoms with E-state index in [-0.39, 0.29) is 5.41 Å². The predicted molar refractivity (Wildman–Crippen MR) is 84.7 cm³/mol. The van der Waals surface area contributed by atoms with Gasteiger partial charge in [-0.05, 0) is 36.3 Å². The van der Waals surface area contributed by atoms with E-state index in [1.54, 1.807) is 0 Å². The second-order valence-corrected chi connectivity index (χ2v) is 6.20. The van der Waals surface area contributed by atoms with E-state index in [0.717, 1.165) is 19.3 Å². The normalized spacial score (nSPS) is 25.3. The van der Waals surface area contributed by atoms with Crippen LogP contribution in [0.2, 0.25) is 0 Å². The van der Waals surface area contributed by atoms with Gasteiger partial charge in [0.1, 0.15) is 0 Å². The van der Waals surface area contributed by atoms with Crippen molar-refractivity contribution in [1.29, 1.82) is 0 Å². The molecule has 0 heterocycles. The third-order valence-corrected chi connectivity index (χ3v) is 4.96. The van der Waals surface area contributed by atoms with Crippen LogP contribution in [-0.4, -0.2) is 6.04 Å². The highest BCUT2D eigenvalue weighted by molar-refractivity contribution is 5.40. The molecule has 2 N–H and O–H groups in total. The van der Waals surface area contributed by atoms with E-state index in [2.05, 4.69) is 67.6 Å². The quantitative estimate of drug-likeness (QED) is 0.868. The minimum absolute atomic E-state index is 0.137. The molecule has 0 aromatic heterocycles. The Hall–Kier alpha value is -1.60. The summed E-state index contributed by atoms with van der Waals surface area (Å²) >= 11 is 0. The zero-order valence-corrected chi connectivity index (χ0v) is 12.1. The molecule has 0 radical (unpaired) electrons. The van der Waals surface area contributed by atoms with E-state index < -0.39 is 0 Å². The Morgan fingerprint density at radius 1 is 0.900 bits per heavy atom. The highest BCUT2D eigenvalue weighted by Gasteiger charge is 2.40. The van der Waals surface area contributed by atoms with Crippen LogP contribution < -0.4 is 5.73 Å². The van der Waals surface area contributed by atoms with Crippen LogP contribution in [0, 0.1) is 5.92 Å². The molecule has 1 aliphatic carbocycles. The fourth-order valence-electron chi connectivity index (χ4n) is 3.71. The molecule has 0 spiro atoms. The Bertz CT molecular complexity index is 507. The summed E-state index contributed by atoms with van der Waals surface area (Å²) in [5.74, 6) is 0.559. The van der Waals surface area contributed by atoms with Gasteiger partial charge < -0.3 is 5.73 Å². The molecule has 1 heteroatoms. The molecule has 1 aliphatic rings. The van der Waals surface area contributed by atoms with Gasteiger partial charge in [0.2, 0.25) is 0 Å². The van der Waals surface area contributed by atoms with Crippen LogP contribution in [0.25, 0.3) is 0 Å². The van der Waals surface area contributed by atoms with E-state index in [0.29, 0.717) is 12.0 Å². The van der Waals surface area contributed by atoms with Crippen molar-refractivity contribution < 1.29 is 0 Å². The molecule has 20 heavy (non-hydrogen) atoms. The Morgan fingerprint density at radius 2 is 1.40 bits per heavy atom. The molecule has 104 valence electrons. The molecule has 2 aromatic carbocycles. The van der Waals surface area contributed by atoms with Gasteiger partial charge in [-0.15, -0.1) is 0 Å². The van der Waals surface area contributed by atoms with Gasteiger partial charge in [-0.3, -0.25) is 0 Å². The molecule has 3 rings (SSSR count). The maximum Gasteiger partial charge on any atom is 0.0206 e. The molecule has 1 saturated carbocycles. The largest absolute Gasteiger partial charge is 0.327 e. The zero-order valence-electron chi connectivity index (χ0n) is 12.1. The lowest BCUT2D eigenvalue weighted by atomic mass is 9.61. The van der Waals surface area contributed by atoms with E-state index in [9.17, 15) is 0 Å². The Labute approximate surface area is 121 Å². The summed E-state index contributed by atoms with van der Waals surface area (Å²) < 4.78 is 0. The van der Waals surface area contributed by atoms with Crippen LogP contribution in [0.1, 0.15) is 37.3 Å². The molecule has 0 saturated heterocycles. The predicted octanol–water partition coefficient (Wildman–Crippen LogP) is 4.12. The molecular formula is C19H23N. The van der Waals surface area contributed by atoms with E-state index in [1.807, 2.05) is 0 Å². The van der Waals surface area contributed by atoms with Crippen LogP contribution in [-0.2, 0) is 5.41 Å². The van der Waals surface area contributed by atoms with Crippen LogP contribution in [0.5, 0.6) is 0 Å². The molecule has 0 amide bonds. The van der Waals surface area contributed by atoms with Crippen LogP contribution in [0.4, 0.5) is 0 Å². The number of rotatable bonds is 2. The van der Waals surface area contributed by atoms with Crippen molar-refractivity contribution in [3.05, 3.63) is 71.8 Å². The van der Waals surface area contributed by atoms with Gasteiger partial charge in [0.15, 0.2) is 0 Å². The lowest BCUT2D eigenvalue weighted by Gasteiger charge is -2.43. The molecule has 1 nitrogen and oxygen atoms in total. The zero-order chi connectivity index (χ0) is 14.0. The van der Waals surface area contributed by atoms with Gasteiger partial charge in [-0.2, -0.15) is 0 Å². The van der Waals surface area contributed by atoms with Gasteiger partial charge in [0.25, 0.3) is 0 Å². The van der Waals surface area contributed by atoms with Crippen LogP contribution in [0.15, 0.2) is 60.7 Å². The summed E-state index contributed by atoms with van der Waals surface area (Å²) in [5, 5.41) is 0. The van der Waals surface area contributed by atoms with Gasteiger partial charge >= 0.3 is 0 Å². The topological polar surface area (TPSA) is 26.0 Å². The van der Waals surface area contributed by atoms with Crippen molar-refractivity contribution in [1.82, 2.24) is 0 Å². The molecule has 2 unspecified atom stereocenters. The van der Waals surface area contributed by atoms with Crippen molar-refractivity contribution in [3.63, 3.8) is 0 Å². The van der Waals surface area contributed by atoms with Crippen molar-refractivity contribution in [2.24, 2.45) is 11.7 Å². The smallest absolute Gasteiger partial charge is 0.0206 e. The van der Waals surface area contributed by atoms with Gasteiger partial charge in [-0.25, -0.2) is 0 Å². The molecule has 2 atom stereocenters. The van der Waals surface area contributed by atoms with Crippen molar-refractivity contribution in [2.75, 3.05) is 0 Å². The molecule has 2 aromatic rings. The summed E-state index contributed by atoms with van der Waals surface area (Å²) in [7, 11) is 0. The minimum atomic E-state index is 0.137. The van der Waals surface area contributed by atoms with Gasteiger partial charge in [0.05, 0.1) is 0 Å². The Kier molecular flexibility index (Phi) is 3.62.